The van der Waals surface area contributed by atoms with Crippen LogP contribution >= 0.6 is 22.9 Å². The van der Waals surface area contributed by atoms with Crippen LogP contribution in [0.15, 0.2) is 48.5 Å². The van der Waals surface area contributed by atoms with E-state index in [1.165, 1.54) is 15.1 Å². The highest BCUT2D eigenvalue weighted by Gasteiger charge is 2.08. The largest absolute Gasteiger partial charge is 0.508 e. The van der Waals surface area contributed by atoms with Crippen LogP contribution in [0, 0.1) is 0 Å². The average Bonchev–Trinajstić information content (AvgIpc) is 2.82. The fraction of sp³-hybridized carbons (Fsp3) is 0.176. The second-order valence-corrected chi connectivity index (χ2v) is 6.44. The first-order chi connectivity index (χ1) is 10.2. The number of rotatable bonds is 5. The fourth-order valence-corrected chi connectivity index (χ4v) is 3.74. The van der Waals surface area contributed by atoms with E-state index in [1.807, 2.05) is 24.3 Å². The number of phenols is 1. The lowest BCUT2D eigenvalue weighted by molar-refractivity contribution is 0.475. The van der Waals surface area contributed by atoms with Gasteiger partial charge >= 0.3 is 0 Å². The normalized spacial score (nSPS) is 11.1. The lowest BCUT2D eigenvalue weighted by Crippen LogP contribution is -2.16. The van der Waals surface area contributed by atoms with Crippen molar-refractivity contribution in [1.82, 2.24) is 5.32 Å². The van der Waals surface area contributed by atoms with Gasteiger partial charge in [0.05, 0.1) is 5.02 Å². The number of fused-ring (bicyclic) bond motifs is 1. The first-order valence-electron chi connectivity index (χ1n) is 6.88. The van der Waals surface area contributed by atoms with E-state index in [4.69, 9.17) is 11.6 Å². The Bertz CT molecular complexity index is 736. The molecule has 0 amide bonds. The standard InChI is InChI=1S/C17H16ClNOS/c18-17-14-3-1-2-4-15(14)21-16(17)11-19-10-9-12-5-7-13(20)8-6-12/h1-8,19-20H,9-11H2. The molecule has 2 aromatic carbocycles. The van der Waals surface area contributed by atoms with Crippen LogP contribution in [0.1, 0.15) is 10.4 Å². The summed E-state index contributed by atoms with van der Waals surface area (Å²) in [7, 11) is 0. The third-order valence-electron chi connectivity index (χ3n) is 3.41. The summed E-state index contributed by atoms with van der Waals surface area (Å²) in [4.78, 5) is 1.18. The van der Waals surface area contributed by atoms with Crippen LogP contribution < -0.4 is 5.32 Å². The average molecular weight is 318 g/mol. The highest BCUT2D eigenvalue weighted by Crippen LogP contribution is 2.34. The molecule has 0 unspecified atom stereocenters. The monoisotopic (exact) mass is 317 g/mol. The molecular formula is C17H16ClNOS. The number of thiophene rings is 1. The number of phenolic OH excluding ortho intramolecular Hbond substituents is 1. The van der Waals surface area contributed by atoms with Crippen molar-refractivity contribution in [2.45, 2.75) is 13.0 Å². The molecule has 1 heterocycles. The molecule has 0 spiro atoms. The van der Waals surface area contributed by atoms with Gasteiger partial charge in [0.2, 0.25) is 0 Å². The van der Waals surface area contributed by atoms with Gasteiger partial charge in [0, 0.05) is 21.5 Å². The maximum absolute atomic E-state index is 9.25. The summed E-state index contributed by atoms with van der Waals surface area (Å²) in [5.74, 6) is 0.309. The molecule has 0 aliphatic rings. The van der Waals surface area contributed by atoms with Crippen molar-refractivity contribution in [3.05, 3.63) is 64.0 Å². The molecule has 0 aliphatic heterocycles. The second-order valence-electron chi connectivity index (χ2n) is 4.93. The topological polar surface area (TPSA) is 32.3 Å². The summed E-state index contributed by atoms with van der Waals surface area (Å²) in [5.41, 5.74) is 1.21. The Kier molecular flexibility index (Phi) is 4.44. The second kappa shape index (κ2) is 6.48. The van der Waals surface area contributed by atoms with Gasteiger partial charge in [-0.3, -0.25) is 0 Å². The van der Waals surface area contributed by atoms with E-state index in [0.717, 1.165) is 29.9 Å². The van der Waals surface area contributed by atoms with Crippen LogP contribution in [0.25, 0.3) is 10.1 Å². The lowest BCUT2D eigenvalue weighted by atomic mass is 10.1. The van der Waals surface area contributed by atoms with Crippen LogP contribution in [-0.2, 0) is 13.0 Å². The molecule has 4 heteroatoms. The minimum Gasteiger partial charge on any atom is -0.508 e. The van der Waals surface area contributed by atoms with E-state index in [-0.39, 0.29) is 0 Å². The van der Waals surface area contributed by atoms with Gasteiger partial charge in [-0.1, -0.05) is 41.9 Å². The Balaban J connectivity index is 1.57. The molecule has 0 aliphatic carbocycles. The summed E-state index contributed by atoms with van der Waals surface area (Å²) in [5, 5.41) is 14.7. The van der Waals surface area contributed by atoms with E-state index < -0.39 is 0 Å². The fourth-order valence-electron chi connectivity index (χ4n) is 2.28. The zero-order chi connectivity index (χ0) is 14.7. The van der Waals surface area contributed by atoms with Gasteiger partial charge in [0.1, 0.15) is 5.75 Å². The Morgan fingerprint density at radius 2 is 1.81 bits per heavy atom. The molecule has 3 rings (SSSR count). The van der Waals surface area contributed by atoms with Gasteiger partial charge in [-0.2, -0.15) is 0 Å². The van der Waals surface area contributed by atoms with Crippen molar-refractivity contribution in [3.63, 3.8) is 0 Å². The SMILES string of the molecule is Oc1ccc(CCNCc2sc3ccccc3c2Cl)cc1. The molecule has 2 N–H and O–H groups in total. The summed E-state index contributed by atoms with van der Waals surface area (Å²) >= 11 is 8.16. The van der Waals surface area contributed by atoms with E-state index in [9.17, 15) is 5.11 Å². The van der Waals surface area contributed by atoms with Crippen LogP contribution in [0.4, 0.5) is 0 Å². The molecule has 0 saturated carbocycles. The number of halogens is 1. The summed E-state index contributed by atoms with van der Waals surface area (Å²) < 4.78 is 1.23. The Hall–Kier alpha value is -1.55. The molecule has 0 radical (unpaired) electrons. The number of hydrogen-bond acceptors (Lipinski definition) is 3. The predicted molar refractivity (Wildman–Crippen MR) is 90.4 cm³/mol. The van der Waals surface area contributed by atoms with E-state index in [2.05, 4.69) is 17.4 Å². The number of hydrogen-bond donors (Lipinski definition) is 2. The highest BCUT2D eigenvalue weighted by atomic mass is 35.5. The van der Waals surface area contributed by atoms with Gasteiger partial charge in [-0.25, -0.2) is 0 Å². The Labute approximate surface area is 133 Å². The molecule has 0 saturated heterocycles. The molecule has 108 valence electrons. The van der Waals surface area contributed by atoms with Crippen molar-refractivity contribution in [2.75, 3.05) is 6.54 Å². The van der Waals surface area contributed by atoms with Crippen molar-refractivity contribution < 1.29 is 5.11 Å². The van der Waals surface area contributed by atoms with Crippen LogP contribution in [-0.4, -0.2) is 11.7 Å². The van der Waals surface area contributed by atoms with Gasteiger partial charge in [-0.15, -0.1) is 11.3 Å². The Morgan fingerprint density at radius 3 is 2.57 bits per heavy atom. The van der Waals surface area contributed by atoms with E-state index in [1.54, 1.807) is 23.5 Å². The van der Waals surface area contributed by atoms with Gasteiger partial charge < -0.3 is 10.4 Å². The molecule has 1 aromatic heterocycles. The van der Waals surface area contributed by atoms with Gasteiger partial charge in [0.15, 0.2) is 0 Å². The number of nitrogens with one attached hydrogen (secondary N) is 1. The molecule has 0 fully saturated rings. The third kappa shape index (κ3) is 3.38. The first-order valence-corrected chi connectivity index (χ1v) is 8.08. The molecule has 0 bridgehead atoms. The number of benzene rings is 2. The van der Waals surface area contributed by atoms with Crippen molar-refractivity contribution in [3.8, 4) is 5.75 Å². The molecule has 3 aromatic rings. The predicted octanol–water partition coefficient (Wildman–Crippen LogP) is 4.59. The molecule has 2 nitrogen and oxygen atoms in total. The number of aromatic hydroxyl groups is 1. The highest BCUT2D eigenvalue weighted by molar-refractivity contribution is 7.19. The zero-order valence-electron chi connectivity index (χ0n) is 11.5. The summed E-state index contributed by atoms with van der Waals surface area (Å²) in [6, 6.07) is 15.6. The lowest BCUT2D eigenvalue weighted by Gasteiger charge is -2.04. The summed E-state index contributed by atoms with van der Waals surface area (Å²) in [6.07, 6.45) is 0.933. The van der Waals surface area contributed by atoms with E-state index in [0.29, 0.717) is 5.75 Å². The van der Waals surface area contributed by atoms with Crippen molar-refractivity contribution in [1.29, 1.82) is 0 Å². The zero-order valence-corrected chi connectivity index (χ0v) is 13.0. The van der Waals surface area contributed by atoms with Gasteiger partial charge in [-0.05, 0) is 36.7 Å². The van der Waals surface area contributed by atoms with Crippen molar-refractivity contribution in [2.24, 2.45) is 0 Å². The quantitative estimate of drug-likeness (QED) is 0.674. The maximum atomic E-state index is 9.25. The van der Waals surface area contributed by atoms with Gasteiger partial charge in [0.25, 0.3) is 0 Å². The van der Waals surface area contributed by atoms with E-state index >= 15 is 0 Å². The minimum absolute atomic E-state index is 0.309. The maximum Gasteiger partial charge on any atom is 0.115 e. The molecule has 21 heavy (non-hydrogen) atoms. The minimum atomic E-state index is 0.309. The summed E-state index contributed by atoms with van der Waals surface area (Å²) in [6.45, 7) is 1.67. The first kappa shape index (κ1) is 14.4. The van der Waals surface area contributed by atoms with Crippen LogP contribution in [0.3, 0.4) is 0 Å². The van der Waals surface area contributed by atoms with Crippen molar-refractivity contribution >= 4 is 33.0 Å². The van der Waals surface area contributed by atoms with Crippen LogP contribution in [0.2, 0.25) is 5.02 Å². The Morgan fingerprint density at radius 1 is 1.05 bits per heavy atom. The smallest absolute Gasteiger partial charge is 0.115 e. The molecule has 0 atom stereocenters. The third-order valence-corrected chi connectivity index (χ3v) is 5.13. The van der Waals surface area contributed by atoms with Crippen LogP contribution in [0.5, 0.6) is 5.75 Å². The molecular weight excluding hydrogens is 302 g/mol.